The maximum absolute atomic E-state index is 13.2. The fraction of sp³-hybridized carbons (Fsp3) is 0.550. The summed E-state index contributed by atoms with van der Waals surface area (Å²) in [6.45, 7) is 4.47. The summed E-state index contributed by atoms with van der Waals surface area (Å²) in [4.78, 5) is 33.9. The van der Waals surface area contributed by atoms with Crippen LogP contribution in [0.3, 0.4) is 0 Å². The van der Waals surface area contributed by atoms with Crippen LogP contribution in [0.5, 0.6) is 0 Å². The smallest absolute Gasteiger partial charge is 0.230 e. The van der Waals surface area contributed by atoms with Crippen molar-refractivity contribution in [1.82, 2.24) is 14.8 Å². The zero-order chi connectivity index (χ0) is 19.0. The van der Waals surface area contributed by atoms with Gasteiger partial charge in [-0.3, -0.25) is 14.6 Å². The molecule has 1 aromatic rings. The number of likely N-dealkylation sites (tertiary alicyclic amines) is 1. The third-order valence-electron chi connectivity index (χ3n) is 5.68. The molecule has 4 rings (SSSR count). The molecule has 3 aliphatic heterocycles. The lowest BCUT2D eigenvalue weighted by atomic mass is 9.76. The number of carbonyl (C=O) groups is 2. The van der Waals surface area contributed by atoms with Gasteiger partial charge in [0, 0.05) is 26.4 Å². The third kappa shape index (κ3) is 3.04. The van der Waals surface area contributed by atoms with Gasteiger partial charge in [0.15, 0.2) is 0 Å². The van der Waals surface area contributed by atoms with Gasteiger partial charge in [0.2, 0.25) is 11.8 Å². The average Bonchev–Trinajstić information content (AvgIpc) is 3.31. The molecule has 0 aliphatic carbocycles. The normalized spacial score (nSPS) is 30.8. The molecular formula is C20H25N3O4. The first-order chi connectivity index (χ1) is 13.1. The lowest BCUT2D eigenvalue weighted by Crippen LogP contribution is -2.44. The molecule has 7 nitrogen and oxygen atoms in total. The molecule has 1 aromatic heterocycles. The van der Waals surface area contributed by atoms with Crippen LogP contribution in [0.4, 0.5) is 0 Å². The Morgan fingerprint density at radius 1 is 1.48 bits per heavy atom. The van der Waals surface area contributed by atoms with E-state index in [0.717, 1.165) is 5.69 Å². The molecule has 0 N–H and O–H groups in total. The first-order valence-corrected chi connectivity index (χ1v) is 9.44. The quantitative estimate of drug-likeness (QED) is 0.525. The number of fused-ring (bicyclic) bond motifs is 1. The van der Waals surface area contributed by atoms with E-state index in [0.29, 0.717) is 32.8 Å². The van der Waals surface area contributed by atoms with Crippen molar-refractivity contribution in [3.63, 3.8) is 0 Å². The van der Waals surface area contributed by atoms with Gasteiger partial charge in [-0.2, -0.15) is 0 Å². The zero-order valence-corrected chi connectivity index (χ0v) is 15.7. The summed E-state index contributed by atoms with van der Waals surface area (Å²) in [6.07, 6.45) is 5.30. The van der Waals surface area contributed by atoms with E-state index in [2.05, 4.69) is 4.98 Å². The molecule has 2 bridgehead atoms. The summed E-state index contributed by atoms with van der Waals surface area (Å²) in [6, 6.07) is 5.63. The van der Waals surface area contributed by atoms with Gasteiger partial charge < -0.3 is 19.3 Å². The highest BCUT2D eigenvalue weighted by atomic mass is 16.5. The van der Waals surface area contributed by atoms with Crippen LogP contribution < -0.4 is 0 Å². The van der Waals surface area contributed by atoms with Crippen molar-refractivity contribution in [3.05, 3.63) is 42.2 Å². The molecule has 7 heteroatoms. The summed E-state index contributed by atoms with van der Waals surface area (Å²) >= 11 is 0. The van der Waals surface area contributed by atoms with E-state index in [1.54, 1.807) is 23.0 Å². The van der Waals surface area contributed by atoms with E-state index < -0.39 is 17.4 Å². The van der Waals surface area contributed by atoms with Crippen LogP contribution in [0.1, 0.15) is 12.6 Å². The molecule has 0 saturated carbocycles. The van der Waals surface area contributed by atoms with Gasteiger partial charge in [0.25, 0.3) is 0 Å². The first-order valence-electron chi connectivity index (χ1n) is 9.44. The van der Waals surface area contributed by atoms with E-state index in [9.17, 15) is 9.59 Å². The molecule has 2 fully saturated rings. The Bertz CT molecular complexity index is 753. The van der Waals surface area contributed by atoms with E-state index in [1.807, 2.05) is 37.3 Å². The van der Waals surface area contributed by atoms with Gasteiger partial charge in [-0.25, -0.2) is 0 Å². The van der Waals surface area contributed by atoms with E-state index >= 15 is 0 Å². The summed E-state index contributed by atoms with van der Waals surface area (Å²) < 4.78 is 11.5. The number of hydrogen-bond acceptors (Lipinski definition) is 5. The van der Waals surface area contributed by atoms with Crippen molar-refractivity contribution in [2.24, 2.45) is 11.8 Å². The molecule has 0 aromatic carbocycles. The first kappa shape index (κ1) is 18.1. The fourth-order valence-electron chi connectivity index (χ4n) is 4.44. The standard InChI is InChI=1S/C20H25N3O4/c1-3-26-11-10-23-13-20-8-7-15(27-20)16(17(20)19(23)25)18(24)22(2)12-14-6-4-5-9-21-14/h4-9,15-17H,3,10-13H2,1-2H3/t15-,16+,17-,20-/m0/s1. The molecule has 4 atom stereocenters. The van der Waals surface area contributed by atoms with Crippen LogP contribution in [-0.2, 0) is 25.6 Å². The monoisotopic (exact) mass is 371 g/mol. The SMILES string of the molecule is CCOCCN1C[C@]23C=C[C@H](O2)[C@@H](C(=O)N(C)Cc2ccccn2)[C@H]3C1=O. The number of aromatic nitrogens is 1. The highest BCUT2D eigenvalue weighted by Gasteiger charge is 2.66. The highest BCUT2D eigenvalue weighted by Crippen LogP contribution is 2.52. The van der Waals surface area contributed by atoms with Crippen LogP contribution in [-0.4, -0.2) is 71.7 Å². The predicted molar refractivity (Wildman–Crippen MR) is 97.5 cm³/mol. The maximum Gasteiger partial charge on any atom is 0.230 e. The number of rotatable bonds is 7. The predicted octanol–water partition coefficient (Wildman–Crippen LogP) is 0.858. The second-order valence-electron chi connectivity index (χ2n) is 7.37. The van der Waals surface area contributed by atoms with Crippen molar-refractivity contribution >= 4 is 11.8 Å². The number of nitrogens with zero attached hydrogens (tertiary/aromatic N) is 3. The second kappa shape index (κ2) is 7.05. The number of ether oxygens (including phenoxy) is 2. The Kier molecular flexibility index (Phi) is 4.74. The second-order valence-corrected chi connectivity index (χ2v) is 7.37. The molecule has 0 unspecified atom stereocenters. The number of hydrogen-bond donors (Lipinski definition) is 0. The molecule has 27 heavy (non-hydrogen) atoms. The molecule has 3 aliphatic rings. The Hall–Kier alpha value is -2.25. The number of amides is 2. The molecule has 0 radical (unpaired) electrons. The third-order valence-corrected chi connectivity index (χ3v) is 5.68. The molecule has 1 spiro atoms. The molecular weight excluding hydrogens is 346 g/mol. The van der Waals surface area contributed by atoms with Crippen molar-refractivity contribution in [1.29, 1.82) is 0 Å². The Morgan fingerprint density at radius 2 is 2.33 bits per heavy atom. The van der Waals surface area contributed by atoms with Crippen LogP contribution in [0.25, 0.3) is 0 Å². The van der Waals surface area contributed by atoms with Gasteiger partial charge in [0.05, 0.1) is 43.3 Å². The lowest BCUT2D eigenvalue weighted by molar-refractivity contribution is -0.143. The van der Waals surface area contributed by atoms with Gasteiger partial charge in [-0.05, 0) is 19.1 Å². The summed E-state index contributed by atoms with van der Waals surface area (Å²) in [5.41, 5.74) is 0.152. The minimum atomic E-state index is -0.667. The Morgan fingerprint density at radius 3 is 3.07 bits per heavy atom. The van der Waals surface area contributed by atoms with Crippen LogP contribution in [0.15, 0.2) is 36.5 Å². The van der Waals surface area contributed by atoms with Crippen molar-refractivity contribution < 1.29 is 19.1 Å². The molecule has 2 saturated heterocycles. The highest BCUT2D eigenvalue weighted by molar-refractivity contribution is 5.93. The van der Waals surface area contributed by atoms with Crippen LogP contribution in [0, 0.1) is 11.8 Å². The van der Waals surface area contributed by atoms with Crippen LogP contribution >= 0.6 is 0 Å². The van der Waals surface area contributed by atoms with E-state index in [-0.39, 0.29) is 17.9 Å². The molecule has 144 valence electrons. The molecule has 2 amide bonds. The average molecular weight is 371 g/mol. The molecule has 4 heterocycles. The number of carbonyl (C=O) groups excluding carboxylic acids is 2. The van der Waals surface area contributed by atoms with E-state index in [4.69, 9.17) is 9.47 Å². The van der Waals surface area contributed by atoms with Crippen molar-refractivity contribution in [2.75, 3.05) is 33.4 Å². The maximum atomic E-state index is 13.2. The van der Waals surface area contributed by atoms with Gasteiger partial charge in [-0.1, -0.05) is 18.2 Å². The Labute approximate surface area is 158 Å². The Balaban J connectivity index is 1.49. The largest absolute Gasteiger partial charge is 0.380 e. The zero-order valence-electron chi connectivity index (χ0n) is 15.7. The lowest BCUT2D eigenvalue weighted by Gasteiger charge is -2.27. The number of pyridine rings is 1. The van der Waals surface area contributed by atoms with Crippen LogP contribution in [0.2, 0.25) is 0 Å². The minimum absolute atomic E-state index is 0.00820. The fourth-order valence-corrected chi connectivity index (χ4v) is 4.44. The van der Waals surface area contributed by atoms with Gasteiger partial charge >= 0.3 is 0 Å². The van der Waals surface area contributed by atoms with Gasteiger partial charge in [0.1, 0.15) is 5.60 Å². The van der Waals surface area contributed by atoms with E-state index in [1.165, 1.54) is 0 Å². The van der Waals surface area contributed by atoms with Gasteiger partial charge in [-0.15, -0.1) is 0 Å². The topological polar surface area (TPSA) is 72.0 Å². The van der Waals surface area contributed by atoms with Crippen molar-refractivity contribution in [2.45, 2.75) is 25.2 Å². The summed E-state index contributed by atoms with van der Waals surface area (Å²) in [7, 11) is 1.76. The summed E-state index contributed by atoms with van der Waals surface area (Å²) in [5, 5.41) is 0. The summed E-state index contributed by atoms with van der Waals surface area (Å²) in [5.74, 6) is -1.01. The van der Waals surface area contributed by atoms with Crippen molar-refractivity contribution in [3.8, 4) is 0 Å². The minimum Gasteiger partial charge on any atom is -0.380 e.